The van der Waals surface area contributed by atoms with Crippen molar-refractivity contribution in [3.05, 3.63) is 101 Å². The van der Waals surface area contributed by atoms with E-state index in [0.717, 1.165) is 27.7 Å². The van der Waals surface area contributed by atoms with Gasteiger partial charge < -0.3 is 0 Å². The second-order valence-electron chi connectivity index (χ2n) is 6.64. The van der Waals surface area contributed by atoms with Crippen LogP contribution in [0.15, 0.2) is 84.0 Å². The first-order chi connectivity index (χ1) is 14.1. The molecule has 29 heavy (non-hydrogen) atoms. The SMILES string of the molecule is Cc1ccccc1-c1cc(C(=O)NN=Cc2ccc(F)cc2)c2ccccc2n1. The minimum absolute atomic E-state index is 0.321. The smallest absolute Gasteiger partial charge is 0.267 e. The summed E-state index contributed by atoms with van der Waals surface area (Å²) < 4.78 is 13.0. The number of hydrogen-bond acceptors (Lipinski definition) is 3. The number of nitrogens with zero attached hydrogens (tertiary/aromatic N) is 2. The number of carbonyl (C=O) groups is 1. The monoisotopic (exact) mass is 383 g/mol. The molecule has 0 spiro atoms. The van der Waals surface area contributed by atoms with Gasteiger partial charge in [0.2, 0.25) is 0 Å². The van der Waals surface area contributed by atoms with E-state index in [-0.39, 0.29) is 11.7 Å². The van der Waals surface area contributed by atoms with E-state index in [1.807, 2.05) is 55.5 Å². The van der Waals surface area contributed by atoms with E-state index < -0.39 is 0 Å². The maximum Gasteiger partial charge on any atom is 0.272 e. The molecule has 0 aliphatic rings. The topological polar surface area (TPSA) is 54.4 Å². The molecule has 142 valence electrons. The van der Waals surface area contributed by atoms with Gasteiger partial charge in [0.1, 0.15) is 5.82 Å². The Labute approximate surface area is 167 Å². The van der Waals surface area contributed by atoms with Gasteiger partial charge in [-0.3, -0.25) is 4.79 Å². The lowest BCUT2D eigenvalue weighted by molar-refractivity contribution is 0.0956. The number of rotatable bonds is 4. The molecule has 0 radical (unpaired) electrons. The van der Waals surface area contributed by atoms with Crippen LogP contribution in [-0.2, 0) is 0 Å². The molecule has 4 rings (SSSR count). The van der Waals surface area contributed by atoms with Crippen molar-refractivity contribution in [2.75, 3.05) is 0 Å². The molecular weight excluding hydrogens is 365 g/mol. The first kappa shape index (κ1) is 18.5. The molecule has 4 nitrogen and oxygen atoms in total. The van der Waals surface area contributed by atoms with Crippen LogP contribution in [0.25, 0.3) is 22.2 Å². The highest BCUT2D eigenvalue weighted by molar-refractivity contribution is 6.07. The Bertz CT molecular complexity index is 1220. The van der Waals surface area contributed by atoms with Gasteiger partial charge in [-0.05, 0) is 42.3 Å². The van der Waals surface area contributed by atoms with Crippen molar-refractivity contribution in [3.63, 3.8) is 0 Å². The van der Waals surface area contributed by atoms with Crippen LogP contribution in [0.5, 0.6) is 0 Å². The Kier molecular flexibility index (Phi) is 5.12. The van der Waals surface area contributed by atoms with Gasteiger partial charge >= 0.3 is 0 Å². The zero-order valence-electron chi connectivity index (χ0n) is 15.8. The summed E-state index contributed by atoms with van der Waals surface area (Å²) in [7, 11) is 0. The average molecular weight is 383 g/mol. The number of hydrazone groups is 1. The predicted octanol–water partition coefficient (Wildman–Crippen LogP) is 5.11. The molecule has 0 atom stereocenters. The van der Waals surface area contributed by atoms with E-state index in [4.69, 9.17) is 4.98 Å². The zero-order valence-corrected chi connectivity index (χ0v) is 15.8. The van der Waals surface area contributed by atoms with Crippen LogP contribution < -0.4 is 5.43 Å². The van der Waals surface area contributed by atoms with Crippen molar-refractivity contribution >= 4 is 23.0 Å². The molecule has 0 unspecified atom stereocenters. The Hall–Kier alpha value is -3.86. The molecule has 1 heterocycles. The van der Waals surface area contributed by atoms with E-state index >= 15 is 0 Å². The van der Waals surface area contributed by atoms with Crippen LogP contribution in [0.2, 0.25) is 0 Å². The number of pyridine rings is 1. The quantitative estimate of drug-likeness (QED) is 0.393. The molecule has 1 aromatic heterocycles. The van der Waals surface area contributed by atoms with Gasteiger partial charge in [-0.2, -0.15) is 5.10 Å². The minimum atomic E-state index is -0.336. The van der Waals surface area contributed by atoms with Gasteiger partial charge in [0, 0.05) is 10.9 Å². The normalized spacial score (nSPS) is 11.1. The summed E-state index contributed by atoms with van der Waals surface area (Å²) in [5, 5.41) is 4.76. The molecule has 3 aromatic carbocycles. The Morgan fingerprint density at radius 3 is 2.52 bits per heavy atom. The van der Waals surface area contributed by atoms with E-state index in [0.29, 0.717) is 11.1 Å². The Balaban J connectivity index is 1.69. The van der Waals surface area contributed by atoms with Crippen molar-refractivity contribution in [1.29, 1.82) is 0 Å². The first-order valence-corrected chi connectivity index (χ1v) is 9.16. The highest BCUT2D eigenvalue weighted by Crippen LogP contribution is 2.26. The standard InChI is InChI=1S/C24H18FN3O/c1-16-6-2-3-7-19(16)23-14-21(20-8-4-5-9-22(20)27-23)24(29)28-26-15-17-10-12-18(25)13-11-17/h2-15H,1H3,(H,28,29). The first-order valence-electron chi connectivity index (χ1n) is 9.16. The van der Waals surface area contributed by atoms with Crippen molar-refractivity contribution in [1.82, 2.24) is 10.4 Å². The fourth-order valence-electron chi connectivity index (χ4n) is 3.14. The van der Waals surface area contributed by atoms with Crippen molar-refractivity contribution in [2.45, 2.75) is 6.92 Å². The summed E-state index contributed by atoms with van der Waals surface area (Å²) in [6, 6.07) is 23.1. The zero-order chi connectivity index (χ0) is 20.2. The maximum absolute atomic E-state index is 13.0. The number of nitrogens with one attached hydrogen (secondary N) is 1. The van der Waals surface area contributed by atoms with Crippen LogP contribution in [-0.4, -0.2) is 17.1 Å². The maximum atomic E-state index is 13.0. The number of halogens is 1. The van der Waals surface area contributed by atoms with Crippen molar-refractivity contribution in [2.24, 2.45) is 5.10 Å². The molecule has 0 saturated carbocycles. The Morgan fingerprint density at radius 2 is 1.72 bits per heavy atom. The number of carbonyl (C=O) groups excluding carboxylic acids is 1. The van der Waals surface area contributed by atoms with Crippen LogP contribution in [0.4, 0.5) is 4.39 Å². The number of aryl methyl sites for hydroxylation is 1. The van der Waals surface area contributed by atoms with Crippen molar-refractivity contribution < 1.29 is 9.18 Å². The molecule has 0 aliphatic heterocycles. The highest BCUT2D eigenvalue weighted by Gasteiger charge is 2.14. The second kappa shape index (κ2) is 8.02. The molecule has 5 heteroatoms. The van der Waals surface area contributed by atoms with Crippen LogP contribution in [0, 0.1) is 12.7 Å². The number of fused-ring (bicyclic) bond motifs is 1. The largest absolute Gasteiger partial charge is 0.272 e. The molecule has 0 bridgehead atoms. The number of para-hydroxylation sites is 1. The Morgan fingerprint density at radius 1 is 1.00 bits per heavy atom. The van der Waals surface area contributed by atoms with E-state index in [1.54, 1.807) is 18.2 Å². The third-order valence-electron chi connectivity index (χ3n) is 4.63. The van der Waals surface area contributed by atoms with Crippen LogP contribution in [0.3, 0.4) is 0 Å². The van der Waals surface area contributed by atoms with E-state index in [2.05, 4.69) is 10.5 Å². The van der Waals surface area contributed by atoms with Gasteiger partial charge in [-0.15, -0.1) is 0 Å². The van der Waals surface area contributed by atoms with Crippen LogP contribution >= 0.6 is 0 Å². The highest BCUT2D eigenvalue weighted by atomic mass is 19.1. The molecule has 4 aromatic rings. The summed E-state index contributed by atoms with van der Waals surface area (Å²) in [5.74, 6) is -0.657. The molecule has 1 N–H and O–H groups in total. The van der Waals surface area contributed by atoms with E-state index in [1.165, 1.54) is 18.3 Å². The number of hydrogen-bond donors (Lipinski definition) is 1. The van der Waals surface area contributed by atoms with E-state index in [9.17, 15) is 9.18 Å². The fraction of sp³-hybridized carbons (Fsp3) is 0.0417. The number of aromatic nitrogens is 1. The average Bonchev–Trinajstić information content (AvgIpc) is 2.74. The summed E-state index contributed by atoms with van der Waals surface area (Å²) in [6.45, 7) is 2.01. The number of amides is 1. The minimum Gasteiger partial charge on any atom is -0.267 e. The second-order valence-corrected chi connectivity index (χ2v) is 6.64. The molecule has 0 aliphatic carbocycles. The van der Waals surface area contributed by atoms with Crippen molar-refractivity contribution in [3.8, 4) is 11.3 Å². The third-order valence-corrected chi connectivity index (χ3v) is 4.63. The molecule has 1 amide bonds. The lowest BCUT2D eigenvalue weighted by atomic mass is 10.0. The van der Waals surface area contributed by atoms with Gasteiger partial charge in [0.05, 0.1) is 23.0 Å². The third kappa shape index (κ3) is 4.04. The van der Waals surface area contributed by atoms with Gasteiger partial charge in [-0.1, -0.05) is 54.6 Å². The van der Waals surface area contributed by atoms with Gasteiger partial charge in [0.25, 0.3) is 5.91 Å². The lowest BCUT2D eigenvalue weighted by Crippen LogP contribution is -2.18. The van der Waals surface area contributed by atoms with Crippen LogP contribution in [0.1, 0.15) is 21.5 Å². The summed E-state index contributed by atoms with van der Waals surface area (Å²) in [4.78, 5) is 17.6. The number of benzene rings is 3. The lowest BCUT2D eigenvalue weighted by Gasteiger charge is -2.10. The molecular formula is C24H18FN3O. The fourth-order valence-corrected chi connectivity index (χ4v) is 3.14. The summed E-state index contributed by atoms with van der Waals surface area (Å²) in [5.41, 5.74) is 7.26. The predicted molar refractivity (Wildman–Crippen MR) is 113 cm³/mol. The molecule has 0 fully saturated rings. The summed E-state index contributed by atoms with van der Waals surface area (Å²) >= 11 is 0. The van der Waals surface area contributed by atoms with Gasteiger partial charge in [-0.25, -0.2) is 14.8 Å². The van der Waals surface area contributed by atoms with Gasteiger partial charge in [0.15, 0.2) is 0 Å². The molecule has 0 saturated heterocycles. The summed E-state index contributed by atoms with van der Waals surface area (Å²) in [6.07, 6.45) is 1.48.